The normalized spacial score (nSPS) is 14.9. The molecule has 0 bridgehead atoms. The van der Waals surface area contributed by atoms with Gasteiger partial charge in [-0.3, -0.25) is 4.79 Å². The molecule has 1 heterocycles. The van der Waals surface area contributed by atoms with Crippen LogP contribution in [0.2, 0.25) is 0 Å². The molecule has 16 heavy (non-hydrogen) atoms. The summed E-state index contributed by atoms with van der Waals surface area (Å²) in [4.78, 5) is 12.2. The fourth-order valence-corrected chi connectivity index (χ4v) is 3.14. The minimum absolute atomic E-state index is 0.179. The predicted molar refractivity (Wildman–Crippen MR) is 66.1 cm³/mol. The molecule has 3 heteroatoms. The van der Waals surface area contributed by atoms with Gasteiger partial charge in [0.15, 0.2) is 0 Å². The van der Waals surface area contributed by atoms with Crippen LogP contribution in [0.4, 0.5) is 0 Å². The topological polar surface area (TPSA) is 37.3 Å². The highest BCUT2D eigenvalue weighted by Crippen LogP contribution is 2.35. The van der Waals surface area contributed by atoms with Crippen molar-refractivity contribution in [3.05, 3.63) is 29.3 Å². The van der Waals surface area contributed by atoms with Gasteiger partial charge in [0.25, 0.3) is 0 Å². The Morgan fingerprint density at radius 2 is 2.25 bits per heavy atom. The zero-order valence-electron chi connectivity index (χ0n) is 9.62. The minimum Gasteiger partial charge on any atom is -0.481 e. The van der Waals surface area contributed by atoms with Crippen molar-refractivity contribution >= 4 is 17.7 Å². The summed E-state index contributed by atoms with van der Waals surface area (Å²) >= 11 is 1.88. The zero-order chi connectivity index (χ0) is 11.8. The number of aliphatic carboxylic acids is 1. The summed E-state index contributed by atoms with van der Waals surface area (Å²) in [6, 6.07) is 6.38. The number of carbonyl (C=O) groups is 1. The first-order valence-corrected chi connectivity index (χ1v) is 6.45. The molecule has 1 aromatic rings. The van der Waals surface area contributed by atoms with Crippen LogP contribution in [0.5, 0.6) is 0 Å². The fraction of sp³-hybridized carbons (Fsp3) is 0.462. The van der Waals surface area contributed by atoms with Crippen molar-refractivity contribution in [2.75, 3.05) is 5.75 Å². The number of carboxylic acids is 1. The van der Waals surface area contributed by atoms with Crippen LogP contribution in [-0.2, 0) is 16.6 Å². The van der Waals surface area contributed by atoms with Gasteiger partial charge < -0.3 is 5.11 Å². The summed E-state index contributed by atoms with van der Waals surface area (Å²) in [6.45, 7) is 3.98. The lowest BCUT2D eigenvalue weighted by molar-refractivity contribution is -0.138. The van der Waals surface area contributed by atoms with E-state index < -0.39 is 5.97 Å². The molecule has 0 spiro atoms. The second-order valence-electron chi connectivity index (χ2n) is 4.88. The van der Waals surface area contributed by atoms with Crippen LogP contribution in [0.15, 0.2) is 23.1 Å². The van der Waals surface area contributed by atoms with Gasteiger partial charge in [0.1, 0.15) is 0 Å². The van der Waals surface area contributed by atoms with Crippen LogP contribution in [0, 0.1) is 0 Å². The van der Waals surface area contributed by atoms with Gasteiger partial charge in [-0.05, 0) is 23.6 Å². The number of aryl methyl sites for hydroxylation is 1. The predicted octanol–water partition coefficient (Wildman–Crippen LogP) is 3.09. The molecule has 0 amide bonds. The van der Waals surface area contributed by atoms with E-state index in [1.807, 2.05) is 25.6 Å². The Hall–Kier alpha value is -0.960. The summed E-state index contributed by atoms with van der Waals surface area (Å²) < 4.78 is 0. The van der Waals surface area contributed by atoms with Crippen molar-refractivity contribution in [3.8, 4) is 0 Å². The van der Waals surface area contributed by atoms with Gasteiger partial charge in [-0.2, -0.15) is 0 Å². The summed E-state index contributed by atoms with van der Waals surface area (Å²) in [5, 5.41) is 8.90. The molecule has 0 aliphatic carbocycles. The van der Waals surface area contributed by atoms with Gasteiger partial charge in [0.2, 0.25) is 0 Å². The number of hydrogen-bond donors (Lipinski definition) is 1. The third-order valence-electron chi connectivity index (χ3n) is 3.06. The highest BCUT2D eigenvalue weighted by atomic mass is 32.2. The highest BCUT2D eigenvalue weighted by Gasteiger charge is 2.25. The molecule has 1 aliphatic heterocycles. The lowest BCUT2D eigenvalue weighted by Crippen LogP contribution is -2.21. The molecular formula is C13H16O2S. The highest BCUT2D eigenvalue weighted by molar-refractivity contribution is 7.99. The molecule has 1 aliphatic rings. The maximum Gasteiger partial charge on any atom is 0.304 e. The number of fused-ring (bicyclic) bond motifs is 1. The zero-order valence-corrected chi connectivity index (χ0v) is 10.4. The molecule has 0 fully saturated rings. The van der Waals surface area contributed by atoms with Gasteiger partial charge in [-0.15, -0.1) is 11.8 Å². The Labute approximate surface area is 100 Å². The molecule has 0 unspecified atom stereocenters. The SMILES string of the molecule is CC(C)(CC(=O)O)c1ccc2c(c1)CCS2. The number of hydrogen-bond acceptors (Lipinski definition) is 2. The molecular weight excluding hydrogens is 220 g/mol. The van der Waals surface area contributed by atoms with E-state index in [1.54, 1.807) is 0 Å². The number of rotatable bonds is 3. The van der Waals surface area contributed by atoms with E-state index in [1.165, 1.54) is 10.5 Å². The van der Waals surface area contributed by atoms with E-state index in [9.17, 15) is 4.79 Å². The average Bonchev–Trinajstić information content (AvgIpc) is 2.61. The van der Waals surface area contributed by atoms with Gasteiger partial charge >= 0.3 is 5.97 Å². The van der Waals surface area contributed by atoms with Crippen molar-refractivity contribution in [1.82, 2.24) is 0 Å². The molecule has 0 atom stereocenters. The molecule has 0 saturated carbocycles. The second kappa shape index (κ2) is 4.13. The van der Waals surface area contributed by atoms with Crippen molar-refractivity contribution in [2.24, 2.45) is 0 Å². The quantitative estimate of drug-likeness (QED) is 0.876. The summed E-state index contributed by atoms with van der Waals surface area (Å²) in [6.07, 6.45) is 1.29. The van der Waals surface area contributed by atoms with Crippen LogP contribution in [0.25, 0.3) is 0 Å². The standard InChI is InChI=1S/C13H16O2S/c1-13(2,8-12(14)15)10-3-4-11-9(7-10)5-6-16-11/h3-4,7H,5-6,8H2,1-2H3,(H,14,15). The second-order valence-corrected chi connectivity index (χ2v) is 6.01. The smallest absolute Gasteiger partial charge is 0.304 e. The lowest BCUT2D eigenvalue weighted by Gasteiger charge is -2.23. The third kappa shape index (κ3) is 2.24. The minimum atomic E-state index is -0.736. The van der Waals surface area contributed by atoms with Crippen LogP contribution < -0.4 is 0 Å². The summed E-state index contributed by atoms with van der Waals surface area (Å²) in [7, 11) is 0. The maximum atomic E-state index is 10.8. The van der Waals surface area contributed by atoms with Crippen molar-refractivity contribution in [3.63, 3.8) is 0 Å². The van der Waals surface area contributed by atoms with Crippen LogP contribution in [0.3, 0.4) is 0 Å². The molecule has 1 aromatic carbocycles. The Bertz CT molecular complexity index is 424. The van der Waals surface area contributed by atoms with E-state index in [0.29, 0.717) is 0 Å². The Balaban J connectivity index is 2.30. The molecule has 2 nitrogen and oxygen atoms in total. The maximum absolute atomic E-state index is 10.8. The van der Waals surface area contributed by atoms with E-state index in [-0.39, 0.29) is 11.8 Å². The summed E-state index contributed by atoms with van der Waals surface area (Å²) in [5.74, 6) is 0.415. The van der Waals surface area contributed by atoms with Crippen molar-refractivity contribution in [1.29, 1.82) is 0 Å². The Kier molecular flexibility index (Phi) is 2.98. The number of carboxylic acid groups (broad SMARTS) is 1. The first kappa shape index (κ1) is 11.5. The first-order chi connectivity index (χ1) is 7.49. The Morgan fingerprint density at radius 1 is 1.50 bits per heavy atom. The first-order valence-electron chi connectivity index (χ1n) is 5.47. The van der Waals surface area contributed by atoms with Gasteiger partial charge in [0.05, 0.1) is 6.42 Å². The lowest BCUT2D eigenvalue weighted by atomic mass is 9.81. The monoisotopic (exact) mass is 236 g/mol. The third-order valence-corrected chi connectivity index (χ3v) is 4.18. The molecule has 86 valence electrons. The molecule has 1 N–H and O–H groups in total. The van der Waals surface area contributed by atoms with Crippen LogP contribution >= 0.6 is 11.8 Å². The molecule has 0 radical (unpaired) electrons. The number of benzene rings is 1. The molecule has 0 aromatic heterocycles. The van der Waals surface area contributed by atoms with E-state index >= 15 is 0 Å². The largest absolute Gasteiger partial charge is 0.481 e. The van der Waals surface area contributed by atoms with E-state index in [0.717, 1.165) is 17.7 Å². The van der Waals surface area contributed by atoms with Gasteiger partial charge in [0, 0.05) is 16.1 Å². The molecule has 0 saturated heterocycles. The van der Waals surface area contributed by atoms with Crippen molar-refractivity contribution < 1.29 is 9.90 Å². The summed E-state index contributed by atoms with van der Waals surface area (Å²) in [5.41, 5.74) is 2.23. The number of thioether (sulfide) groups is 1. The Morgan fingerprint density at radius 3 is 2.94 bits per heavy atom. The van der Waals surface area contributed by atoms with Crippen LogP contribution in [-0.4, -0.2) is 16.8 Å². The van der Waals surface area contributed by atoms with E-state index in [4.69, 9.17) is 5.11 Å². The fourth-order valence-electron chi connectivity index (χ4n) is 2.09. The van der Waals surface area contributed by atoms with E-state index in [2.05, 4.69) is 18.2 Å². The average molecular weight is 236 g/mol. The van der Waals surface area contributed by atoms with Gasteiger partial charge in [-0.1, -0.05) is 26.0 Å². The molecule has 2 rings (SSSR count). The van der Waals surface area contributed by atoms with Gasteiger partial charge in [-0.25, -0.2) is 0 Å². The van der Waals surface area contributed by atoms with Crippen molar-refractivity contribution in [2.45, 2.75) is 37.0 Å². The van der Waals surface area contributed by atoms with Crippen LogP contribution in [0.1, 0.15) is 31.4 Å².